The third kappa shape index (κ3) is 2.28. The number of hydrogen-bond donors (Lipinski definition) is 1. The van der Waals surface area contributed by atoms with Gasteiger partial charge in [0.2, 0.25) is 0 Å². The molecule has 0 atom stereocenters. The topological polar surface area (TPSA) is 59.3 Å². The van der Waals surface area contributed by atoms with Gasteiger partial charge in [0, 0.05) is 11.9 Å². The normalized spacial score (nSPS) is 10.3. The molecule has 0 aliphatic rings. The van der Waals surface area contributed by atoms with Crippen molar-refractivity contribution in [3.63, 3.8) is 0 Å². The minimum absolute atomic E-state index is 0.201. The Morgan fingerprint density at radius 1 is 1.28 bits per heavy atom. The molecule has 92 valence electrons. The zero-order chi connectivity index (χ0) is 13.3. The van der Waals surface area contributed by atoms with Crippen LogP contribution >= 0.6 is 11.6 Å². The highest BCUT2D eigenvalue weighted by Gasteiger charge is 2.13. The number of aromatic nitrogens is 1. The van der Waals surface area contributed by atoms with E-state index in [4.69, 9.17) is 16.7 Å². The number of halogens is 1. The molecule has 4 nitrogen and oxygen atoms in total. The highest BCUT2D eigenvalue weighted by atomic mass is 35.5. The van der Waals surface area contributed by atoms with Crippen LogP contribution in [0.1, 0.15) is 15.9 Å². The summed E-state index contributed by atoms with van der Waals surface area (Å²) in [6, 6.07) is 8.29. The number of aryl methyl sites for hydroxylation is 1. The Kier molecular flexibility index (Phi) is 3.21. The molecule has 0 unspecified atom stereocenters. The molecule has 0 spiro atoms. The Morgan fingerprint density at radius 2 is 1.89 bits per heavy atom. The minimum atomic E-state index is -1.29. The molecule has 0 saturated carbocycles. The number of aromatic carboxylic acids is 1. The van der Waals surface area contributed by atoms with E-state index in [9.17, 15) is 9.59 Å². The number of rotatable bonds is 2. The molecule has 0 radical (unpaired) electrons. The lowest BCUT2D eigenvalue weighted by atomic mass is 10.2. The molecule has 2 aromatic rings. The summed E-state index contributed by atoms with van der Waals surface area (Å²) in [4.78, 5) is 22.9. The summed E-state index contributed by atoms with van der Waals surface area (Å²) in [5.41, 5.74) is 0.682. The van der Waals surface area contributed by atoms with Crippen molar-refractivity contribution in [2.45, 2.75) is 6.92 Å². The molecule has 1 heterocycles. The van der Waals surface area contributed by atoms with Gasteiger partial charge in [-0.1, -0.05) is 29.3 Å². The molecule has 0 saturated heterocycles. The van der Waals surface area contributed by atoms with Gasteiger partial charge in [0.25, 0.3) is 5.56 Å². The first-order valence-corrected chi connectivity index (χ1v) is 5.59. The second-order valence-electron chi connectivity index (χ2n) is 3.89. The van der Waals surface area contributed by atoms with Crippen molar-refractivity contribution >= 4 is 17.6 Å². The van der Waals surface area contributed by atoms with Crippen molar-refractivity contribution in [3.8, 4) is 5.69 Å². The van der Waals surface area contributed by atoms with E-state index in [-0.39, 0.29) is 10.6 Å². The smallest absolute Gasteiger partial charge is 0.341 e. The van der Waals surface area contributed by atoms with Crippen LogP contribution in [0.4, 0.5) is 0 Å². The Morgan fingerprint density at radius 3 is 2.44 bits per heavy atom. The number of pyridine rings is 1. The van der Waals surface area contributed by atoms with Crippen molar-refractivity contribution in [2.75, 3.05) is 0 Å². The number of carboxylic acid groups (broad SMARTS) is 1. The van der Waals surface area contributed by atoms with E-state index in [0.717, 1.165) is 11.6 Å². The van der Waals surface area contributed by atoms with Crippen molar-refractivity contribution < 1.29 is 9.90 Å². The van der Waals surface area contributed by atoms with E-state index in [1.807, 2.05) is 19.1 Å². The first kappa shape index (κ1) is 12.4. The maximum atomic E-state index is 12.0. The van der Waals surface area contributed by atoms with Crippen LogP contribution in [0.3, 0.4) is 0 Å². The molecule has 0 aliphatic carbocycles. The molecular weight excluding hydrogens is 254 g/mol. The van der Waals surface area contributed by atoms with Crippen molar-refractivity contribution in [1.29, 1.82) is 0 Å². The van der Waals surface area contributed by atoms with Gasteiger partial charge < -0.3 is 5.11 Å². The summed E-state index contributed by atoms with van der Waals surface area (Å²) in [6.07, 6.45) is 1.40. The van der Waals surface area contributed by atoms with Gasteiger partial charge in [0.15, 0.2) is 0 Å². The van der Waals surface area contributed by atoms with Gasteiger partial charge in [0.05, 0.1) is 5.02 Å². The third-order valence-corrected chi connectivity index (χ3v) is 2.73. The van der Waals surface area contributed by atoms with E-state index in [1.165, 1.54) is 10.8 Å². The summed E-state index contributed by atoms with van der Waals surface area (Å²) in [5.74, 6) is -1.29. The number of carbonyl (C=O) groups is 1. The van der Waals surface area contributed by atoms with Gasteiger partial charge in [-0.2, -0.15) is 0 Å². The molecule has 1 N–H and O–H groups in total. The fourth-order valence-electron chi connectivity index (χ4n) is 1.60. The highest BCUT2D eigenvalue weighted by molar-refractivity contribution is 6.30. The summed E-state index contributed by atoms with van der Waals surface area (Å²) in [7, 11) is 0. The number of nitrogens with zero attached hydrogens (tertiary/aromatic N) is 1. The summed E-state index contributed by atoms with van der Waals surface area (Å²) < 4.78 is 1.23. The van der Waals surface area contributed by atoms with Crippen molar-refractivity contribution in [1.82, 2.24) is 4.57 Å². The second kappa shape index (κ2) is 4.66. The van der Waals surface area contributed by atoms with Crippen LogP contribution in [0.2, 0.25) is 5.02 Å². The van der Waals surface area contributed by atoms with E-state index in [2.05, 4.69) is 0 Å². The number of hydrogen-bond acceptors (Lipinski definition) is 2. The molecule has 2 rings (SSSR count). The number of carboxylic acids is 1. The Bertz CT molecular complexity index is 659. The van der Waals surface area contributed by atoms with Crippen LogP contribution in [0, 0.1) is 6.92 Å². The average molecular weight is 264 g/mol. The van der Waals surface area contributed by atoms with E-state index < -0.39 is 11.5 Å². The monoisotopic (exact) mass is 263 g/mol. The highest BCUT2D eigenvalue weighted by Crippen LogP contribution is 2.13. The SMILES string of the molecule is Cc1ccc(-n2cc(Cl)cc(C(=O)O)c2=O)cc1. The zero-order valence-corrected chi connectivity index (χ0v) is 10.3. The molecule has 0 aliphatic heterocycles. The molecule has 0 amide bonds. The molecule has 0 fully saturated rings. The predicted molar refractivity (Wildman–Crippen MR) is 68.7 cm³/mol. The molecule has 0 bridgehead atoms. The molecule has 1 aromatic carbocycles. The van der Waals surface area contributed by atoms with Crippen LogP contribution in [-0.4, -0.2) is 15.6 Å². The number of benzene rings is 1. The maximum absolute atomic E-state index is 12.0. The van der Waals surface area contributed by atoms with Gasteiger partial charge in [-0.25, -0.2) is 4.79 Å². The Hall–Kier alpha value is -2.07. The lowest BCUT2D eigenvalue weighted by Gasteiger charge is -2.07. The quantitative estimate of drug-likeness (QED) is 0.906. The van der Waals surface area contributed by atoms with Crippen LogP contribution < -0.4 is 5.56 Å². The Balaban J connectivity index is 2.68. The fourth-order valence-corrected chi connectivity index (χ4v) is 1.81. The lowest BCUT2D eigenvalue weighted by Crippen LogP contribution is -2.24. The van der Waals surface area contributed by atoms with Gasteiger partial charge in [-0.05, 0) is 25.1 Å². The largest absolute Gasteiger partial charge is 0.477 e. The minimum Gasteiger partial charge on any atom is -0.477 e. The van der Waals surface area contributed by atoms with Crippen LogP contribution in [-0.2, 0) is 0 Å². The average Bonchev–Trinajstić information content (AvgIpc) is 2.32. The summed E-state index contributed by atoms with van der Waals surface area (Å²) in [6.45, 7) is 1.92. The van der Waals surface area contributed by atoms with Crippen LogP contribution in [0.25, 0.3) is 5.69 Å². The van der Waals surface area contributed by atoms with E-state index >= 15 is 0 Å². The third-order valence-electron chi connectivity index (χ3n) is 2.53. The van der Waals surface area contributed by atoms with E-state index in [1.54, 1.807) is 12.1 Å². The van der Waals surface area contributed by atoms with Gasteiger partial charge in [-0.3, -0.25) is 9.36 Å². The zero-order valence-electron chi connectivity index (χ0n) is 9.55. The van der Waals surface area contributed by atoms with Crippen LogP contribution in [0.5, 0.6) is 0 Å². The van der Waals surface area contributed by atoms with Crippen molar-refractivity contribution in [3.05, 3.63) is 63.0 Å². The maximum Gasteiger partial charge on any atom is 0.341 e. The van der Waals surface area contributed by atoms with E-state index in [0.29, 0.717) is 5.69 Å². The fraction of sp³-hybridized carbons (Fsp3) is 0.0769. The van der Waals surface area contributed by atoms with Gasteiger partial charge >= 0.3 is 5.97 Å². The predicted octanol–water partition coefficient (Wildman–Crippen LogP) is 2.50. The first-order chi connectivity index (χ1) is 8.49. The lowest BCUT2D eigenvalue weighted by molar-refractivity contribution is 0.0694. The summed E-state index contributed by atoms with van der Waals surface area (Å²) >= 11 is 5.82. The first-order valence-electron chi connectivity index (χ1n) is 5.21. The Labute approximate surface area is 108 Å². The molecule has 5 heteroatoms. The molecular formula is C13H10ClNO3. The van der Waals surface area contributed by atoms with Crippen LogP contribution in [0.15, 0.2) is 41.3 Å². The summed E-state index contributed by atoms with van der Waals surface area (Å²) in [5, 5.41) is 9.14. The van der Waals surface area contributed by atoms with Gasteiger partial charge in [0.1, 0.15) is 5.56 Å². The standard InChI is InChI=1S/C13H10ClNO3/c1-8-2-4-10(5-3-8)15-7-9(14)6-11(12(15)16)13(17)18/h2-7H,1H3,(H,17,18). The van der Waals surface area contributed by atoms with Gasteiger partial charge in [-0.15, -0.1) is 0 Å². The second-order valence-corrected chi connectivity index (χ2v) is 4.32. The molecule has 18 heavy (non-hydrogen) atoms. The molecule has 1 aromatic heterocycles. The van der Waals surface area contributed by atoms with Crippen molar-refractivity contribution in [2.24, 2.45) is 0 Å².